The van der Waals surface area contributed by atoms with Crippen molar-refractivity contribution in [2.45, 2.75) is 13.5 Å². The van der Waals surface area contributed by atoms with Crippen LogP contribution in [0.25, 0.3) is 0 Å². The van der Waals surface area contributed by atoms with E-state index in [1.54, 1.807) is 19.1 Å². The number of aromatic hydroxyl groups is 1. The largest absolute Gasteiger partial charge is 0.508 e. The van der Waals surface area contributed by atoms with E-state index in [4.69, 9.17) is 0 Å². The van der Waals surface area contributed by atoms with Crippen LogP contribution in [0.1, 0.15) is 21.5 Å². The van der Waals surface area contributed by atoms with Crippen molar-refractivity contribution in [3.8, 4) is 5.75 Å². The minimum absolute atomic E-state index is 0.126. The lowest BCUT2D eigenvalue weighted by Gasteiger charge is -2.08. The van der Waals surface area contributed by atoms with Crippen molar-refractivity contribution < 1.29 is 9.90 Å². The van der Waals surface area contributed by atoms with Crippen molar-refractivity contribution in [2.24, 2.45) is 0 Å². The highest BCUT2D eigenvalue weighted by molar-refractivity contribution is 6.04. The van der Waals surface area contributed by atoms with E-state index >= 15 is 0 Å². The first-order valence-corrected chi connectivity index (χ1v) is 6.44. The maximum Gasteiger partial charge on any atom is 0.255 e. The summed E-state index contributed by atoms with van der Waals surface area (Å²) in [5.41, 5.74) is 3.02. The maximum atomic E-state index is 12.1. The second-order valence-corrected chi connectivity index (χ2v) is 4.69. The van der Waals surface area contributed by atoms with E-state index in [0.717, 1.165) is 23.4 Å². The third-order valence-electron chi connectivity index (χ3n) is 3.04. The third kappa shape index (κ3) is 3.36. The summed E-state index contributed by atoms with van der Waals surface area (Å²) >= 11 is 0. The Morgan fingerprint density at radius 3 is 2.70 bits per heavy atom. The Morgan fingerprint density at radius 1 is 1.20 bits per heavy atom. The standard InChI is InChI=1S/C16H18N2O2/c1-11-6-7-13(9-15(11)19)16(20)18-14-5-3-4-12(8-14)10-17-2/h3-9,17,19H,10H2,1-2H3,(H,18,20). The molecule has 0 aliphatic carbocycles. The fourth-order valence-corrected chi connectivity index (χ4v) is 1.92. The van der Waals surface area contributed by atoms with Crippen molar-refractivity contribution in [1.82, 2.24) is 5.32 Å². The number of nitrogens with one attached hydrogen (secondary N) is 2. The third-order valence-corrected chi connectivity index (χ3v) is 3.04. The second kappa shape index (κ2) is 6.21. The molecule has 104 valence electrons. The van der Waals surface area contributed by atoms with Gasteiger partial charge in [-0.25, -0.2) is 0 Å². The Morgan fingerprint density at radius 2 is 2.00 bits per heavy atom. The summed E-state index contributed by atoms with van der Waals surface area (Å²) in [4.78, 5) is 12.1. The quantitative estimate of drug-likeness (QED) is 0.800. The second-order valence-electron chi connectivity index (χ2n) is 4.69. The molecule has 0 saturated carbocycles. The van der Waals surface area contributed by atoms with Crippen molar-refractivity contribution >= 4 is 11.6 Å². The van der Waals surface area contributed by atoms with Crippen molar-refractivity contribution in [3.05, 3.63) is 59.2 Å². The van der Waals surface area contributed by atoms with Crippen LogP contribution in [0.5, 0.6) is 5.75 Å². The van der Waals surface area contributed by atoms with Gasteiger partial charge < -0.3 is 15.7 Å². The zero-order valence-corrected chi connectivity index (χ0v) is 11.6. The van der Waals surface area contributed by atoms with Gasteiger partial charge in [-0.1, -0.05) is 18.2 Å². The number of phenols is 1. The number of phenolic OH excluding ortho intramolecular Hbond substituents is 1. The molecule has 2 rings (SSSR count). The van der Waals surface area contributed by atoms with E-state index in [-0.39, 0.29) is 11.7 Å². The molecular weight excluding hydrogens is 252 g/mol. The highest BCUT2D eigenvalue weighted by atomic mass is 16.3. The molecule has 0 fully saturated rings. The molecule has 0 saturated heterocycles. The van der Waals surface area contributed by atoms with Gasteiger partial charge in [0.2, 0.25) is 0 Å². The summed E-state index contributed by atoms with van der Waals surface area (Å²) in [7, 11) is 1.88. The van der Waals surface area contributed by atoms with Crippen molar-refractivity contribution in [1.29, 1.82) is 0 Å². The molecule has 4 heteroatoms. The minimum atomic E-state index is -0.234. The van der Waals surface area contributed by atoms with Gasteiger partial charge in [0.1, 0.15) is 5.75 Å². The molecule has 0 atom stereocenters. The first kappa shape index (κ1) is 14.1. The number of carbonyl (C=O) groups is 1. The van der Waals surface area contributed by atoms with Crippen LogP contribution >= 0.6 is 0 Å². The normalized spacial score (nSPS) is 10.3. The lowest BCUT2D eigenvalue weighted by molar-refractivity contribution is 0.102. The number of hydrogen-bond donors (Lipinski definition) is 3. The molecule has 20 heavy (non-hydrogen) atoms. The van der Waals surface area contributed by atoms with Crippen LogP contribution in [0.3, 0.4) is 0 Å². The van der Waals surface area contributed by atoms with Gasteiger partial charge in [-0.15, -0.1) is 0 Å². The Bertz CT molecular complexity index is 624. The van der Waals surface area contributed by atoms with Gasteiger partial charge in [0.05, 0.1) is 0 Å². The number of carbonyl (C=O) groups excluding carboxylic acids is 1. The SMILES string of the molecule is CNCc1cccc(NC(=O)c2ccc(C)c(O)c2)c1. The van der Waals surface area contributed by atoms with Gasteiger partial charge >= 0.3 is 0 Å². The monoisotopic (exact) mass is 270 g/mol. The smallest absolute Gasteiger partial charge is 0.255 e. The van der Waals surface area contributed by atoms with E-state index < -0.39 is 0 Å². The number of benzene rings is 2. The molecule has 0 heterocycles. The van der Waals surface area contributed by atoms with Crippen LogP contribution in [0.15, 0.2) is 42.5 Å². The first-order chi connectivity index (χ1) is 9.60. The summed E-state index contributed by atoms with van der Waals surface area (Å²) in [6.45, 7) is 2.53. The van der Waals surface area contributed by atoms with Gasteiger partial charge in [0.25, 0.3) is 5.91 Å². The number of anilines is 1. The number of amides is 1. The molecule has 4 nitrogen and oxygen atoms in total. The molecule has 2 aromatic carbocycles. The summed E-state index contributed by atoms with van der Waals surface area (Å²) in [6, 6.07) is 12.5. The molecule has 0 unspecified atom stereocenters. The Balaban J connectivity index is 2.14. The first-order valence-electron chi connectivity index (χ1n) is 6.44. The van der Waals surface area contributed by atoms with Gasteiger partial charge in [-0.3, -0.25) is 4.79 Å². The molecule has 1 amide bonds. The molecule has 0 radical (unpaired) electrons. The fourth-order valence-electron chi connectivity index (χ4n) is 1.92. The van der Waals surface area contributed by atoms with Gasteiger partial charge in [-0.05, 0) is 49.4 Å². The molecule has 2 aromatic rings. The molecule has 0 aliphatic rings. The number of rotatable bonds is 4. The Hall–Kier alpha value is -2.33. The van der Waals surface area contributed by atoms with Gasteiger partial charge in [-0.2, -0.15) is 0 Å². The zero-order chi connectivity index (χ0) is 14.5. The summed E-state index contributed by atoms with van der Waals surface area (Å²) in [5, 5.41) is 15.5. The zero-order valence-electron chi connectivity index (χ0n) is 11.6. The molecule has 0 bridgehead atoms. The lowest BCUT2D eigenvalue weighted by atomic mass is 10.1. The summed E-state index contributed by atoms with van der Waals surface area (Å²) in [5.74, 6) is -0.108. The van der Waals surface area contributed by atoms with Gasteiger partial charge in [0.15, 0.2) is 0 Å². The van der Waals surface area contributed by atoms with E-state index in [0.29, 0.717) is 5.56 Å². The van der Waals surface area contributed by atoms with E-state index in [9.17, 15) is 9.90 Å². The van der Waals surface area contributed by atoms with Crippen LogP contribution in [0.2, 0.25) is 0 Å². The topological polar surface area (TPSA) is 61.4 Å². The molecule has 3 N–H and O–H groups in total. The molecule has 0 spiro atoms. The van der Waals surface area contributed by atoms with Crippen LogP contribution in [0.4, 0.5) is 5.69 Å². The molecule has 0 aliphatic heterocycles. The van der Waals surface area contributed by atoms with Crippen LogP contribution in [-0.4, -0.2) is 18.1 Å². The van der Waals surface area contributed by atoms with E-state index in [1.807, 2.05) is 31.3 Å². The van der Waals surface area contributed by atoms with Crippen LogP contribution in [0, 0.1) is 6.92 Å². The average Bonchev–Trinajstić information content (AvgIpc) is 2.42. The lowest BCUT2D eigenvalue weighted by Crippen LogP contribution is -2.12. The predicted molar refractivity (Wildman–Crippen MR) is 80.0 cm³/mol. The fraction of sp³-hybridized carbons (Fsp3) is 0.188. The summed E-state index contributed by atoms with van der Waals surface area (Å²) in [6.07, 6.45) is 0. The Labute approximate surface area is 118 Å². The van der Waals surface area contributed by atoms with E-state index in [1.165, 1.54) is 6.07 Å². The van der Waals surface area contributed by atoms with Crippen molar-refractivity contribution in [3.63, 3.8) is 0 Å². The minimum Gasteiger partial charge on any atom is -0.508 e. The molecular formula is C16H18N2O2. The Kier molecular flexibility index (Phi) is 4.38. The highest BCUT2D eigenvalue weighted by Crippen LogP contribution is 2.19. The average molecular weight is 270 g/mol. The van der Waals surface area contributed by atoms with Crippen molar-refractivity contribution in [2.75, 3.05) is 12.4 Å². The van der Waals surface area contributed by atoms with Crippen LogP contribution in [-0.2, 0) is 6.54 Å². The van der Waals surface area contributed by atoms with Crippen LogP contribution < -0.4 is 10.6 Å². The number of aryl methyl sites for hydroxylation is 1. The predicted octanol–water partition coefficient (Wildman–Crippen LogP) is 2.67. The highest BCUT2D eigenvalue weighted by Gasteiger charge is 2.08. The molecule has 0 aromatic heterocycles. The maximum absolute atomic E-state index is 12.1. The number of hydrogen-bond acceptors (Lipinski definition) is 3. The van der Waals surface area contributed by atoms with E-state index in [2.05, 4.69) is 10.6 Å². The summed E-state index contributed by atoms with van der Waals surface area (Å²) < 4.78 is 0. The van der Waals surface area contributed by atoms with Gasteiger partial charge in [0, 0.05) is 17.8 Å².